The first-order valence-electron chi connectivity index (χ1n) is 4.85. The number of anilines is 1. The van der Waals surface area contributed by atoms with Crippen molar-refractivity contribution in [3.8, 4) is 11.6 Å². The zero-order chi connectivity index (χ0) is 14.0. The summed E-state index contributed by atoms with van der Waals surface area (Å²) in [7, 11) is 0. The van der Waals surface area contributed by atoms with Gasteiger partial charge in [-0.1, -0.05) is 11.6 Å². The molecule has 0 aliphatic carbocycles. The number of hydrogen-bond acceptors (Lipinski definition) is 5. The third-order valence-corrected chi connectivity index (χ3v) is 2.08. The van der Waals surface area contributed by atoms with Crippen LogP contribution in [0.2, 0.25) is 5.02 Å². The highest BCUT2D eigenvalue weighted by Crippen LogP contribution is 2.29. The highest BCUT2D eigenvalue weighted by Gasteiger charge is 2.35. The van der Waals surface area contributed by atoms with Crippen molar-refractivity contribution in [3.63, 3.8) is 0 Å². The molecule has 0 radical (unpaired) electrons. The van der Waals surface area contributed by atoms with Crippen molar-refractivity contribution in [1.29, 1.82) is 0 Å². The molecule has 0 aliphatic heterocycles. The van der Waals surface area contributed by atoms with Crippen LogP contribution < -0.4 is 10.5 Å². The topological polar surface area (TPSA) is 73.9 Å². The summed E-state index contributed by atoms with van der Waals surface area (Å²) in [5, 5.41) is 0.274. The molecule has 0 atom stereocenters. The summed E-state index contributed by atoms with van der Waals surface area (Å²) < 4.78 is 42.5. The molecule has 0 aliphatic rings. The molecule has 9 heteroatoms. The first kappa shape index (κ1) is 13.3. The maximum absolute atomic E-state index is 12.5. The quantitative estimate of drug-likeness (QED) is 0.920. The molecule has 2 heterocycles. The van der Waals surface area contributed by atoms with E-state index in [1.165, 1.54) is 18.5 Å². The molecule has 5 nitrogen and oxygen atoms in total. The fraction of sp³-hybridized carbons (Fsp3) is 0.100. The first-order valence-corrected chi connectivity index (χ1v) is 5.22. The normalized spacial score (nSPS) is 11.4. The summed E-state index contributed by atoms with van der Waals surface area (Å²) in [6.45, 7) is 0. The summed E-state index contributed by atoms with van der Waals surface area (Å²) >= 11 is 5.67. The molecule has 0 aromatic carbocycles. The zero-order valence-corrected chi connectivity index (χ0v) is 9.90. The summed E-state index contributed by atoms with van der Waals surface area (Å²) in [5.41, 5.74) is 5.27. The Morgan fingerprint density at radius 1 is 1.16 bits per heavy atom. The molecule has 0 saturated carbocycles. The summed E-state index contributed by atoms with van der Waals surface area (Å²) in [5.74, 6) is -1.94. The average molecular weight is 291 g/mol. The van der Waals surface area contributed by atoms with Crippen LogP contribution in [0, 0.1) is 0 Å². The fourth-order valence-electron chi connectivity index (χ4n) is 1.19. The van der Waals surface area contributed by atoms with Crippen LogP contribution in [0.25, 0.3) is 0 Å². The molecule has 0 bridgehead atoms. The largest absolute Gasteiger partial charge is 0.451 e. The number of alkyl halides is 3. The van der Waals surface area contributed by atoms with Crippen molar-refractivity contribution in [1.82, 2.24) is 15.0 Å². The summed E-state index contributed by atoms with van der Waals surface area (Å²) in [4.78, 5) is 10.0. The number of hydrogen-bond donors (Lipinski definition) is 1. The van der Waals surface area contributed by atoms with Crippen LogP contribution in [0.4, 0.5) is 19.0 Å². The summed E-state index contributed by atoms with van der Waals surface area (Å²) in [6.07, 6.45) is -2.08. The second kappa shape index (κ2) is 4.88. The number of ether oxygens (including phenoxy) is 1. The van der Waals surface area contributed by atoms with E-state index in [0.717, 1.165) is 6.07 Å². The lowest BCUT2D eigenvalue weighted by Crippen LogP contribution is -2.12. The van der Waals surface area contributed by atoms with Gasteiger partial charge in [-0.25, -0.2) is 4.98 Å². The third-order valence-electron chi connectivity index (χ3n) is 1.88. The van der Waals surface area contributed by atoms with E-state index in [2.05, 4.69) is 15.0 Å². The van der Waals surface area contributed by atoms with E-state index >= 15 is 0 Å². The standard InChI is InChI=1S/C10H6ClF3N4O/c11-5-1-6(4-16-3-5)19-8-2-7(15)17-9(18-8)10(12,13)14/h1-4H,(H2,15,17,18). The Morgan fingerprint density at radius 3 is 2.53 bits per heavy atom. The van der Waals surface area contributed by atoms with E-state index in [0.29, 0.717) is 0 Å². The average Bonchev–Trinajstić information content (AvgIpc) is 2.26. The molecule has 19 heavy (non-hydrogen) atoms. The molecule has 0 fully saturated rings. The molecule has 2 aromatic heterocycles. The van der Waals surface area contributed by atoms with Crippen LogP contribution in [0.3, 0.4) is 0 Å². The molecule has 0 spiro atoms. The Hall–Kier alpha value is -2.09. The molecular weight excluding hydrogens is 285 g/mol. The molecule has 2 aromatic rings. The predicted molar refractivity (Wildman–Crippen MR) is 60.8 cm³/mol. The van der Waals surface area contributed by atoms with Gasteiger partial charge < -0.3 is 10.5 Å². The number of pyridine rings is 1. The monoisotopic (exact) mass is 290 g/mol. The molecule has 0 amide bonds. The van der Waals surface area contributed by atoms with Gasteiger partial charge in [0.1, 0.15) is 11.6 Å². The molecule has 0 saturated heterocycles. The van der Waals surface area contributed by atoms with E-state index in [9.17, 15) is 13.2 Å². The molecule has 2 N–H and O–H groups in total. The highest BCUT2D eigenvalue weighted by molar-refractivity contribution is 6.30. The number of halogens is 4. The van der Waals surface area contributed by atoms with Gasteiger partial charge in [-0.15, -0.1) is 0 Å². The number of nitrogens with two attached hydrogens (primary N) is 1. The van der Waals surface area contributed by atoms with Crippen molar-refractivity contribution < 1.29 is 17.9 Å². The van der Waals surface area contributed by atoms with Crippen molar-refractivity contribution in [3.05, 3.63) is 35.4 Å². The number of rotatable bonds is 2. The lowest BCUT2D eigenvalue weighted by atomic mass is 10.4. The van der Waals surface area contributed by atoms with Gasteiger partial charge in [0.2, 0.25) is 11.7 Å². The molecular formula is C10H6ClF3N4O. The highest BCUT2D eigenvalue weighted by atomic mass is 35.5. The van der Waals surface area contributed by atoms with E-state index in [1.807, 2.05) is 0 Å². The fourth-order valence-corrected chi connectivity index (χ4v) is 1.35. The second-order valence-corrected chi connectivity index (χ2v) is 3.83. The lowest BCUT2D eigenvalue weighted by Gasteiger charge is -2.09. The minimum absolute atomic E-state index is 0.138. The lowest BCUT2D eigenvalue weighted by molar-refractivity contribution is -0.145. The minimum Gasteiger partial charge on any atom is -0.437 e. The maximum Gasteiger partial charge on any atom is 0.451 e. The van der Waals surface area contributed by atoms with E-state index in [1.54, 1.807) is 0 Å². The Bertz CT molecular complexity index is 606. The van der Waals surface area contributed by atoms with Crippen LogP contribution >= 0.6 is 11.6 Å². The van der Waals surface area contributed by atoms with Crippen LogP contribution in [0.15, 0.2) is 24.5 Å². The Labute approximate surface area is 110 Å². The van der Waals surface area contributed by atoms with Gasteiger partial charge in [-0.05, 0) is 0 Å². The maximum atomic E-state index is 12.5. The minimum atomic E-state index is -4.71. The van der Waals surface area contributed by atoms with Crippen LogP contribution in [0.5, 0.6) is 11.6 Å². The van der Waals surface area contributed by atoms with Gasteiger partial charge in [-0.2, -0.15) is 18.2 Å². The zero-order valence-electron chi connectivity index (χ0n) is 9.15. The van der Waals surface area contributed by atoms with Gasteiger partial charge in [0.25, 0.3) is 0 Å². The van der Waals surface area contributed by atoms with Crippen LogP contribution in [0.1, 0.15) is 5.82 Å². The SMILES string of the molecule is Nc1cc(Oc2cncc(Cl)c2)nc(C(F)(F)F)n1. The van der Waals surface area contributed by atoms with Crippen molar-refractivity contribution in [2.45, 2.75) is 6.18 Å². The molecule has 2 rings (SSSR count). The van der Waals surface area contributed by atoms with Gasteiger partial charge in [-0.3, -0.25) is 4.98 Å². The summed E-state index contributed by atoms with van der Waals surface area (Å²) in [6, 6.07) is 2.44. The number of nitrogens with zero attached hydrogens (tertiary/aromatic N) is 3. The second-order valence-electron chi connectivity index (χ2n) is 3.39. The van der Waals surface area contributed by atoms with E-state index < -0.39 is 12.0 Å². The Morgan fingerprint density at radius 2 is 1.89 bits per heavy atom. The number of nitrogen functional groups attached to an aromatic ring is 1. The van der Waals surface area contributed by atoms with Crippen LogP contribution in [-0.4, -0.2) is 15.0 Å². The molecule has 0 unspecified atom stereocenters. The van der Waals surface area contributed by atoms with Crippen molar-refractivity contribution in [2.75, 3.05) is 5.73 Å². The van der Waals surface area contributed by atoms with E-state index in [4.69, 9.17) is 22.1 Å². The van der Waals surface area contributed by atoms with E-state index in [-0.39, 0.29) is 22.5 Å². The van der Waals surface area contributed by atoms with Gasteiger partial charge in [0.05, 0.1) is 11.2 Å². The Balaban J connectivity index is 2.33. The van der Waals surface area contributed by atoms with Crippen molar-refractivity contribution >= 4 is 17.4 Å². The van der Waals surface area contributed by atoms with Gasteiger partial charge in [0, 0.05) is 18.3 Å². The van der Waals surface area contributed by atoms with Gasteiger partial charge >= 0.3 is 6.18 Å². The van der Waals surface area contributed by atoms with Crippen molar-refractivity contribution in [2.24, 2.45) is 0 Å². The van der Waals surface area contributed by atoms with Gasteiger partial charge in [0.15, 0.2) is 0 Å². The first-order chi connectivity index (χ1) is 8.84. The number of aromatic nitrogens is 3. The molecule has 100 valence electrons. The Kier molecular flexibility index (Phi) is 3.43. The third kappa shape index (κ3) is 3.44. The van der Waals surface area contributed by atoms with Crippen LogP contribution in [-0.2, 0) is 6.18 Å². The predicted octanol–water partition coefficient (Wildman–Crippen LogP) is 2.92. The smallest absolute Gasteiger partial charge is 0.437 e.